The van der Waals surface area contributed by atoms with Crippen LogP contribution in [-0.4, -0.2) is 74.0 Å². The largest absolute Gasteiger partial charge is 0.356 e. The lowest BCUT2D eigenvalue weighted by molar-refractivity contribution is -0.122. The SMILES string of the molecule is CN=C(NCCCc1ccc(C(C)C)cc1)N1CCN(CC(=O)NC2CC2)CC1.I. The molecule has 1 amide bonds. The van der Waals surface area contributed by atoms with Crippen LogP contribution in [0.3, 0.4) is 0 Å². The van der Waals surface area contributed by atoms with E-state index in [1.165, 1.54) is 11.1 Å². The first kappa shape index (κ1) is 24.9. The molecule has 1 aromatic rings. The van der Waals surface area contributed by atoms with Gasteiger partial charge in [-0.25, -0.2) is 0 Å². The van der Waals surface area contributed by atoms with Gasteiger partial charge in [0.2, 0.25) is 5.91 Å². The Labute approximate surface area is 198 Å². The van der Waals surface area contributed by atoms with E-state index in [2.05, 4.69) is 63.5 Å². The van der Waals surface area contributed by atoms with Gasteiger partial charge in [-0.1, -0.05) is 38.1 Å². The summed E-state index contributed by atoms with van der Waals surface area (Å²) in [6.45, 7) is 9.53. The molecule has 0 radical (unpaired) electrons. The van der Waals surface area contributed by atoms with Crippen molar-refractivity contribution in [2.45, 2.75) is 51.5 Å². The van der Waals surface area contributed by atoms with Crippen molar-refractivity contribution in [2.24, 2.45) is 4.99 Å². The number of piperazine rings is 1. The van der Waals surface area contributed by atoms with Gasteiger partial charge < -0.3 is 15.5 Å². The van der Waals surface area contributed by atoms with E-state index in [0.29, 0.717) is 18.5 Å². The van der Waals surface area contributed by atoms with Crippen LogP contribution in [0.2, 0.25) is 0 Å². The Morgan fingerprint density at radius 3 is 2.37 bits per heavy atom. The second kappa shape index (κ2) is 12.5. The molecule has 0 unspecified atom stereocenters. The fourth-order valence-corrected chi connectivity index (χ4v) is 3.72. The molecule has 0 bridgehead atoms. The lowest BCUT2D eigenvalue weighted by atomic mass is 10.0. The van der Waals surface area contributed by atoms with Gasteiger partial charge in [0.15, 0.2) is 5.96 Å². The van der Waals surface area contributed by atoms with Gasteiger partial charge in [-0.3, -0.25) is 14.7 Å². The molecule has 0 aromatic heterocycles. The number of rotatable bonds is 8. The number of nitrogens with zero attached hydrogens (tertiary/aromatic N) is 3. The number of aliphatic imine (C=N–C) groups is 1. The van der Waals surface area contributed by atoms with Gasteiger partial charge in [-0.05, 0) is 42.7 Å². The summed E-state index contributed by atoms with van der Waals surface area (Å²) in [5, 5.41) is 6.58. The molecule has 1 aliphatic heterocycles. The number of aryl methyl sites for hydroxylation is 1. The topological polar surface area (TPSA) is 60.0 Å². The zero-order valence-electron chi connectivity index (χ0n) is 18.7. The maximum absolute atomic E-state index is 12.0. The summed E-state index contributed by atoms with van der Waals surface area (Å²) in [4.78, 5) is 21.0. The maximum Gasteiger partial charge on any atom is 0.234 e. The highest BCUT2D eigenvalue weighted by Gasteiger charge is 2.25. The molecule has 168 valence electrons. The molecule has 6 nitrogen and oxygen atoms in total. The highest BCUT2D eigenvalue weighted by molar-refractivity contribution is 14.0. The van der Waals surface area contributed by atoms with Crippen LogP contribution < -0.4 is 10.6 Å². The van der Waals surface area contributed by atoms with Crippen LogP contribution in [0.15, 0.2) is 29.3 Å². The fraction of sp³-hybridized carbons (Fsp3) is 0.652. The number of nitrogens with one attached hydrogen (secondary N) is 2. The first-order valence-corrected chi connectivity index (χ1v) is 11.1. The van der Waals surface area contributed by atoms with Gasteiger partial charge >= 0.3 is 0 Å². The Morgan fingerprint density at radius 2 is 1.80 bits per heavy atom. The molecular formula is C23H38IN5O. The molecule has 1 aromatic carbocycles. The number of carbonyl (C=O) groups excluding carboxylic acids is 1. The van der Waals surface area contributed by atoms with E-state index < -0.39 is 0 Å². The van der Waals surface area contributed by atoms with Crippen LogP contribution in [-0.2, 0) is 11.2 Å². The summed E-state index contributed by atoms with van der Waals surface area (Å²) >= 11 is 0. The predicted molar refractivity (Wildman–Crippen MR) is 135 cm³/mol. The minimum absolute atomic E-state index is 0. The van der Waals surface area contributed by atoms with Crippen molar-refractivity contribution in [2.75, 3.05) is 46.3 Å². The average molecular weight is 527 g/mol. The van der Waals surface area contributed by atoms with E-state index in [4.69, 9.17) is 0 Å². The molecule has 30 heavy (non-hydrogen) atoms. The summed E-state index contributed by atoms with van der Waals surface area (Å²) in [6.07, 6.45) is 4.45. The highest BCUT2D eigenvalue weighted by Crippen LogP contribution is 2.18. The van der Waals surface area contributed by atoms with Crippen molar-refractivity contribution in [3.63, 3.8) is 0 Å². The van der Waals surface area contributed by atoms with Crippen LogP contribution in [0.5, 0.6) is 0 Å². The van der Waals surface area contributed by atoms with E-state index in [0.717, 1.165) is 64.4 Å². The molecule has 1 heterocycles. The minimum Gasteiger partial charge on any atom is -0.356 e. The molecule has 0 atom stereocenters. The lowest BCUT2D eigenvalue weighted by Crippen LogP contribution is -2.54. The van der Waals surface area contributed by atoms with E-state index >= 15 is 0 Å². The van der Waals surface area contributed by atoms with Crippen molar-refractivity contribution in [1.82, 2.24) is 20.4 Å². The summed E-state index contributed by atoms with van der Waals surface area (Å²) in [5.74, 6) is 1.73. The Balaban J connectivity index is 0.00000320. The van der Waals surface area contributed by atoms with Gasteiger partial charge in [0.1, 0.15) is 0 Å². The first-order chi connectivity index (χ1) is 14.0. The summed E-state index contributed by atoms with van der Waals surface area (Å²) < 4.78 is 0. The van der Waals surface area contributed by atoms with Crippen molar-refractivity contribution in [1.29, 1.82) is 0 Å². The summed E-state index contributed by atoms with van der Waals surface area (Å²) in [7, 11) is 1.85. The third-order valence-corrected chi connectivity index (χ3v) is 5.77. The molecule has 1 saturated heterocycles. The molecule has 2 fully saturated rings. The smallest absolute Gasteiger partial charge is 0.234 e. The van der Waals surface area contributed by atoms with Crippen molar-refractivity contribution < 1.29 is 4.79 Å². The second-order valence-electron chi connectivity index (χ2n) is 8.58. The predicted octanol–water partition coefficient (Wildman–Crippen LogP) is 2.83. The standard InChI is InChI=1S/C23H37N5O.HI/c1-18(2)20-8-6-19(7-9-20)5-4-12-25-23(24-3)28-15-13-27(14-16-28)17-22(29)26-21-10-11-21;/h6-9,18,21H,4-5,10-17H2,1-3H3,(H,24,25)(H,26,29);1H. The number of amides is 1. The van der Waals surface area contributed by atoms with Crippen LogP contribution in [0.25, 0.3) is 0 Å². The Bertz CT molecular complexity index is 679. The summed E-state index contributed by atoms with van der Waals surface area (Å²) in [5.41, 5.74) is 2.79. The summed E-state index contributed by atoms with van der Waals surface area (Å²) in [6, 6.07) is 9.44. The van der Waals surface area contributed by atoms with Crippen LogP contribution in [0, 0.1) is 0 Å². The van der Waals surface area contributed by atoms with Gasteiger partial charge in [0, 0.05) is 45.8 Å². The third kappa shape index (κ3) is 8.06. The molecule has 1 saturated carbocycles. The Kier molecular flexibility index (Phi) is 10.4. The van der Waals surface area contributed by atoms with E-state index in [1.54, 1.807) is 0 Å². The van der Waals surface area contributed by atoms with Crippen molar-refractivity contribution in [3.05, 3.63) is 35.4 Å². The van der Waals surface area contributed by atoms with Crippen molar-refractivity contribution in [3.8, 4) is 0 Å². The number of hydrogen-bond donors (Lipinski definition) is 2. The zero-order valence-corrected chi connectivity index (χ0v) is 21.0. The van der Waals surface area contributed by atoms with Gasteiger partial charge in [0.05, 0.1) is 6.54 Å². The molecular weight excluding hydrogens is 489 g/mol. The normalized spacial score (nSPS) is 17.6. The number of halogens is 1. The fourth-order valence-electron chi connectivity index (χ4n) is 3.72. The number of carbonyl (C=O) groups is 1. The quantitative estimate of drug-likeness (QED) is 0.236. The lowest BCUT2D eigenvalue weighted by Gasteiger charge is -2.36. The molecule has 2 N–H and O–H groups in total. The Morgan fingerprint density at radius 1 is 1.13 bits per heavy atom. The molecule has 1 aliphatic carbocycles. The van der Waals surface area contributed by atoms with E-state index in [1.807, 2.05) is 7.05 Å². The van der Waals surface area contributed by atoms with Crippen LogP contribution in [0.1, 0.15) is 50.2 Å². The first-order valence-electron chi connectivity index (χ1n) is 11.1. The number of hydrogen-bond acceptors (Lipinski definition) is 3. The van der Waals surface area contributed by atoms with Gasteiger partial charge in [0.25, 0.3) is 0 Å². The number of guanidine groups is 1. The Hall–Kier alpha value is -1.35. The molecule has 3 rings (SSSR count). The zero-order chi connectivity index (χ0) is 20.6. The van der Waals surface area contributed by atoms with E-state index in [-0.39, 0.29) is 29.9 Å². The monoisotopic (exact) mass is 527 g/mol. The second-order valence-corrected chi connectivity index (χ2v) is 8.58. The van der Waals surface area contributed by atoms with Crippen LogP contribution in [0.4, 0.5) is 0 Å². The minimum atomic E-state index is 0. The van der Waals surface area contributed by atoms with Gasteiger partial charge in [-0.2, -0.15) is 0 Å². The highest BCUT2D eigenvalue weighted by atomic mass is 127. The van der Waals surface area contributed by atoms with E-state index in [9.17, 15) is 4.79 Å². The van der Waals surface area contributed by atoms with Gasteiger partial charge in [-0.15, -0.1) is 24.0 Å². The van der Waals surface area contributed by atoms with Crippen LogP contribution >= 0.6 is 24.0 Å². The molecule has 0 spiro atoms. The number of benzene rings is 1. The maximum atomic E-state index is 12.0. The molecule has 7 heteroatoms. The molecule has 2 aliphatic rings. The third-order valence-electron chi connectivity index (χ3n) is 5.77. The average Bonchev–Trinajstić information content (AvgIpc) is 3.53. The van der Waals surface area contributed by atoms with Crippen molar-refractivity contribution >= 4 is 35.8 Å².